The van der Waals surface area contributed by atoms with Crippen LogP contribution in [0.25, 0.3) is 0 Å². The maximum atomic E-state index is 12.5. The lowest BCUT2D eigenvalue weighted by Gasteiger charge is -2.26. The molecule has 0 saturated carbocycles. The van der Waals surface area contributed by atoms with E-state index in [9.17, 15) is 4.79 Å². The van der Waals surface area contributed by atoms with E-state index < -0.39 is 0 Å². The van der Waals surface area contributed by atoms with Gasteiger partial charge in [0.15, 0.2) is 5.69 Å². The van der Waals surface area contributed by atoms with E-state index in [1.54, 1.807) is 6.20 Å². The molecule has 1 atom stereocenters. The summed E-state index contributed by atoms with van der Waals surface area (Å²) in [6, 6.07) is 8.09. The van der Waals surface area contributed by atoms with Crippen molar-refractivity contribution in [1.29, 1.82) is 0 Å². The van der Waals surface area contributed by atoms with Crippen LogP contribution in [0.4, 0.5) is 0 Å². The third-order valence-corrected chi connectivity index (χ3v) is 4.69. The molecule has 1 amide bonds. The Labute approximate surface area is 140 Å². The molecule has 1 aromatic heterocycles. The van der Waals surface area contributed by atoms with Gasteiger partial charge in [-0.25, -0.2) is 4.68 Å². The summed E-state index contributed by atoms with van der Waals surface area (Å²) in [5.41, 5.74) is 1.39. The topological polar surface area (TPSA) is 81.1 Å². The van der Waals surface area contributed by atoms with Crippen molar-refractivity contribution >= 4 is 5.91 Å². The Kier molecular flexibility index (Phi) is 4.17. The summed E-state index contributed by atoms with van der Waals surface area (Å²) >= 11 is 0. The number of para-hydroxylation sites is 1. The molecule has 126 valence electrons. The number of piperidine rings is 1. The van der Waals surface area contributed by atoms with Gasteiger partial charge in [0.05, 0.1) is 24.9 Å². The fraction of sp³-hybridized carbons (Fsp3) is 0.471. The van der Waals surface area contributed by atoms with Crippen LogP contribution in [0.15, 0.2) is 30.5 Å². The number of aromatic nitrogens is 3. The first-order valence-electron chi connectivity index (χ1n) is 8.46. The molecule has 2 N–H and O–H groups in total. The predicted molar refractivity (Wildman–Crippen MR) is 87.9 cm³/mol. The summed E-state index contributed by atoms with van der Waals surface area (Å²) in [5, 5.41) is 14.6. The van der Waals surface area contributed by atoms with Gasteiger partial charge in [-0.3, -0.25) is 4.79 Å². The smallest absolute Gasteiger partial charge is 0.273 e. The molecule has 0 aliphatic carbocycles. The van der Waals surface area contributed by atoms with Crippen molar-refractivity contribution in [3.05, 3.63) is 41.7 Å². The van der Waals surface area contributed by atoms with E-state index >= 15 is 0 Å². The second-order valence-corrected chi connectivity index (χ2v) is 6.27. The zero-order valence-corrected chi connectivity index (χ0v) is 13.4. The number of hydrogen-bond donors (Lipinski definition) is 2. The number of fused-ring (bicyclic) bond motifs is 1. The maximum Gasteiger partial charge on any atom is 0.273 e. The first-order chi connectivity index (χ1) is 11.8. The van der Waals surface area contributed by atoms with Gasteiger partial charge < -0.3 is 15.4 Å². The first-order valence-corrected chi connectivity index (χ1v) is 8.46. The molecule has 2 aliphatic heterocycles. The lowest BCUT2D eigenvalue weighted by atomic mass is 10.0. The van der Waals surface area contributed by atoms with Gasteiger partial charge in [0.2, 0.25) is 0 Å². The standard InChI is InChI=1S/C17H21N5O2/c23-17(15-11-22(21-20-15)12-5-8-18-9-6-12)19-14-7-10-24-16-4-2-1-3-13(14)16/h1-4,11-12,14,18H,5-10H2,(H,19,23). The van der Waals surface area contributed by atoms with Gasteiger partial charge >= 0.3 is 0 Å². The zero-order valence-electron chi connectivity index (χ0n) is 13.4. The summed E-state index contributed by atoms with van der Waals surface area (Å²) < 4.78 is 7.46. The predicted octanol–water partition coefficient (Wildman–Crippen LogP) is 1.46. The second-order valence-electron chi connectivity index (χ2n) is 6.27. The average molecular weight is 327 g/mol. The Hall–Kier alpha value is -2.41. The van der Waals surface area contributed by atoms with Crippen molar-refractivity contribution in [2.75, 3.05) is 19.7 Å². The van der Waals surface area contributed by atoms with Crippen molar-refractivity contribution in [3.8, 4) is 5.75 Å². The highest BCUT2D eigenvalue weighted by molar-refractivity contribution is 5.92. The van der Waals surface area contributed by atoms with E-state index in [4.69, 9.17) is 4.74 Å². The largest absolute Gasteiger partial charge is 0.493 e. The monoisotopic (exact) mass is 327 g/mol. The van der Waals surface area contributed by atoms with Gasteiger partial charge in [-0.2, -0.15) is 0 Å². The van der Waals surface area contributed by atoms with Gasteiger partial charge in [0, 0.05) is 12.0 Å². The zero-order chi connectivity index (χ0) is 16.4. The number of nitrogens with one attached hydrogen (secondary N) is 2. The molecule has 0 radical (unpaired) electrons. The van der Waals surface area contributed by atoms with Crippen LogP contribution >= 0.6 is 0 Å². The Morgan fingerprint density at radius 3 is 2.96 bits per heavy atom. The van der Waals surface area contributed by atoms with Crippen molar-refractivity contribution in [1.82, 2.24) is 25.6 Å². The molecule has 4 rings (SSSR count). The molecular weight excluding hydrogens is 306 g/mol. The van der Waals surface area contributed by atoms with E-state index in [-0.39, 0.29) is 11.9 Å². The third-order valence-electron chi connectivity index (χ3n) is 4.69. The second kappa shape index (κ2) is 6.60. The van der Waals surface area contributed by atoms with Gasteiger partial charge in [-0.05, 0) is 32.0 Å². The van der Waals surface area contributed by atoms with E-state index in [1.807, 2.05) is 28.9 Å². The number of carbonyl (C=O) groups excluding carboxylic acids is 1. The third kappa shape index (κ3) is 2.99. The molecule has 7 heteroatoms. The van der Waals surface area contributed by atoms with Crippen LogP contribution in [0.1, 0.15) is 47.4 Å². The number of benzene rings is 1. The van der Waals surface area contributed by atoms with Gasteiger partial charge in [-0.1, -0.05) is 23.4 Å². The highest BCUT2D eigenvalue weighted by atomic mass is 16.5. The van der Waals surface area contributed by atoms with Crippen molar-refractivity contribution in [2.24, 2.45) is 0 Å². The minimum Gasteiger partial charge on any atom is -0.493 e. The van der Waals surface area contributed by atoms with E-state index in [0.29, 0.717) is 18.3 Å². The number of rotatable bonds is 3. The summed E-state index contributed by atoms with van der Waals surface area (Å²) in [6.45, 7) is 2.56. The van der Waals surface area contributed by atoms with Crippen LogP contribution in [0.5, 0.6) is 5.75 Å². The maximum absolute atomic E-state index is 12.5. The SMILES string of the molecule is O=C(NC1CCOc2ccccc21)c1cn(C2CCNCC2)nn1. The quantitative estimate of drug-likeness (QED) is 0.892. The van der Waals surface area contributed by atoms with Crippen LogP contribution in [0, 0.1) is 0 Å². The molecule has 1 aromatic carbocycles. The molecule has 1 unspecified atom stereocenters. The van der Waals surface area contributed by atoms with Crippen LogP contribution in [0.3, 0.4) is 0 Å². The van der Waals surface area contributed by atoms with Crippen molar-refractivity contribution < 1.29 is 9.53 Å². The molecule has 24 heavy (non-hydrogen) atoms. The number of carbonyl (C=O) groups is 1. The summed E-state index contributed by atoms with van der Waals surface area (Å²) in [6.07, 6.45) is 4.54. The molecule has 3 heterocycles. The molecule has 0 bridgehead atoms. The number of amides is 1. The van der Waals surface area contributed by atoms with E-state index in [0.717, 1.165) is 43.7 Å². The lowest BCUT2D eigenvalue weighted by molar-refractivity contribution is 0.0919. The Morgan fingerprint density at radius 1 is 1.25 bits per heavy atom. The van der Waals surface area contributed by atoms with Crippen LogP contribution < -0.4 is 15.4 Å². The summed E-state index contributed by atoms with van der Waals surface area (Å²) in [7, 11) is 0. The van der Waals surface area contributed by atoms with Gasteiger partial charge in [-0.15, -0.1) is 5.10 Å². The molecule has 2 aliphatic rings. The number of nitrogens with zero attached hydrogens (tertiary/aromatic N) is 3. The van der Waals surface area contributed by atoms with Gasteiger partial charge in [0.1, 0.15) is 5.75 Å². The minimum atomic E-state index is -0.183. The highest BCUT2D eigenvalue weighted by Crippen LogP contribution is 2.31. The van der Waals surface area contributed by atoms with Crippen LogP contribution in [0.2, 0.25) is 0 Å². The number of hydrogen-bond acceptors (Lipinski definition) is 5. The fourth-order valence-corrected chi connectivity index (χ4v) is 3.35. The summed E-state index contributed by atoms with van der Waals surface area (Å²) in [4.78, 5) is 12.5. The molecule has 0 spiro atoms. The minimum absolute atomic E-state index is 0.0496. The highest BCUT2D eigenvalue weighted by Gasteiger charge is 2.25. The molecular formula is C17H21N5O2. The normalized spacial score (nSPS) is 20.9. The molecule has 2 aromatic rings. The lowest BCUT2D eigenvalue weighted by Crippen LogP contribution is -2.32. The van der Waals surface area contributed by atoms with Gasteiger partial charge in [0.25, 0.3) is 5.91 Å². The van der Waals surface area contributed by atoms with Crippen molar-refractivity contribution in [2.45, 2.75) is 31.3 Å². The Balaban J connectivity index is 1.46. The first kappa shape index (κ1) is 15.1. The number of ether oxygens (including phenoxy) is 1. The Bertz CT molecular complexity index is 723. The van der Waals surface area contributed by atoms with E-state index in [1.165, 1.54) is 0 Å². The van der Waals surface area contributed by atoms with Crippen LogP contribution in [-0.4, -0.2) is 40.6 Å². The summed E-state index contributed by atoms with van der Waals surface area (Å²) in [5.74, 6) is 0.657. The Morgan fingerprint density at radius 2 is 2.08 bits per heavy atom. The molecule has 1 saturated heterocycles. The molecule has 1 fully saturated rings. The average Bonchev–Trinajstić information content (AvgIpc) is 3.13. The molecule has 7 nitrogen and oxygen atoms in total. The van der Waals surface area contributed by atoms with Crippen molar-refractivity contribution in [3.63, 3.8) is 0 Å². The van der Waals surface area contributed by atoms with E-state index in [2.05, 4.69) is 20.9 Å². The fourth-order valence-electron chi connectivity index (χ4n) is 3.35. The van der Waals surface area contributed by atoms with Crippen LogP contribution in [-0.2, 0) is 0 Å².